The number of phenols is 1. The van der Waals surface area contributed by atoms with Crippen LogP contribution in [0.1, 0.15) is 41.6 Å². The van der Waals surface area contributed by atoms with Gasteiger partial charge in [0.05, 0.1) is 0 Å². The highest BCUT2D eigenvalue weighted by molar-refractivity contribution is 5.40. The highest BCUT2D eigenvalue weighted by Crippen LogP contribution is 2.33. The fourth-order valence-corrected chi connectivity index (χ4v) is 3.12. The molecule has 1 unspecified atom stereocenters. The average Bonchev–Trinajstić information content (AvgIpc) is 2.87. The zero-order chi connectivity index (χ0) is 13.9. The molecule has 0 radical (unpaired) electrons. The highest BCUT2D eigenvalue weighted by Gasteiger charge is 2.22. The van der Waals surface area contributed by atoms with Crippen molar-refractivity contribution in [1.29, 1.82) is 0 Å². The van der Waals surface area contributed by atoms with Crippen molar-refractivity contribution < 1.29 is 5.11 Å². The van der Waals surface area contributed by atoms with E-state index >= 15 is 0 Å². The summed E-state index contributed by atoms with van der Waals surface area (Å²) in [6.45, 7) is 3.11. The lowest BCUT2D eigenvalue weighted by molar-refractivity contribution is 0.474. The van der Waals surface area contributed by atoms with E-state index in [-0.39, 0.29) is 0 Å². The standard InChI is InChI=1S/C18H21NO/c1-2-13-5-3-4-6-15(13)12-19-18-10-7-14-11-16(20)8-9-17(14)18/h3-6,8-9,11,18-20H,2,7,10,12H2,1H3. The molecule has 1 atom stereocenters. The van der Waals surface area contributed by atoms with Crippen molar-refractivity contribution in [2.24, 2.45) is 0 Å². The van der Waals surface area contributed by atoms with Gasteiger partial charge in [0.1, 0.15) is 5.75 Å². The number of aromatic hydroxyl groups is 1. The summed E-state index contributed by atoms with van der Waals surface area (Å²) in [4.78, 5) is 0. The Morgan fingerprint density at radius 1 is 1.15 bits per heavy atom. The van der Waals surface area contributed by atoms with Gasteiger partial charge in [-0.25, -0.2) is 0 Å². The SMILES string of the molecule is CCc1ccccc1CNC1CCc2cc(O)ccc21. The minimum absolute atomic E-state index is 0.376. The van der Waals surface area contributed by atoms with Gasteiger partial charge >= 0.3 is 0 Å². The van der Waals surface area contributed by atoms with Gasteiger partial charge in [-0.15, -0.1) is 0 Å². The summed E-state index contributed by atoms with van der Waals surface area (Å²) in [6.07, 6.45) is 3.25. The molecular weight excluding hydrogens is 246 g/mol. The minimum atomic E-state index is 0.376. The summed E-state index contributed by atoms with van der Waals surface area (Å²) in [7, 11) is 0. The maximum Gasteiger partial charge on any atom is 0.115 e. The van der Waals surface area contributed by atoms with E-state index < -0.39 is 0 Å². The van der Waals surface area contributed by atoms with E-state index in [4.69, 9.17) is 0 Å². The molecule has 0 heterocycles. The van der Waals surface area contributed by atoms with Crippen molar-refractivity contribution in [2.45, 2.75) is 38.8 Å². The predicted octanol–water partition coefficient (Wildman–Crippen LogP) is 3.73. The fourth-order valence-electron chi connectivity index (χ4n) is 3.12. The van der Waals surface area contributed by atoms with Crippen molar-refractivity contribution in [3.63, 3.8) is 0 Å². The lowest BCUT2D eigenvalue weighted by Crippen LogP contribution is -2.19. The van der Waals surface area contributed by atoms with Crippen LogP contribution in [0.3, 0.4) is 0 Å². The number of hydrogen-bond acceptors (Lipinski definition) is 2. The van der Waals surface area contributed by atoms with Crippen LogP contribution in [-0.2, 0) is 19.4 Å². The first-order valence-corrected chi connectivity index (χ1v) is 7.40. The van der Waals surface area contributed by atoms with Crippen molar-refractivity contribution in [1.82, 2.24) is 5.32 Å². The van der Waals surface area contributed by atoms with Crippen LogP contribution in [0.25, 0.3) is 0 Å². The molecule has 3 rings (SSSR count). The van der Waals surface area contributed by atoms with Gasteiger partial charge in [0, 0.05) is 12.6 Å². The van der Waals surface area contributed by atoms with E-state index in [0.717, 1.165) is 25.8 Å². The molecule has 0 bridgehead atoms. The molecule has 1 aliphatic rings. The van der Waals surface area contributed by atoms with Gasteiger partial charge < -0.3 is 10.4 Å². The fraction of sp³-hybridized carbons (Fsp3) is 0.333. The number of nitrogens with one attached hydrogen (secondary N) is 1. The van der Waals surface area contributed by atoms with Gasteiger partial charge in [0.2, 0.25) is 0 Å². The van der Waals surface area contributed by atoms with Crippen molar-refractivity contribution in [3.05, 3.63) is 64.7 Å². The normalized spacial score (nSPS) is 17.1. The molecule has 1 aliphatic carbocycles. The molecule has 2 aromatic rings. The number of rotatable bonds is 4. The first-order chi connectivity index (χ1) is 9.78. The molecule has 0 fully saturated rings. The Morgan fingerprint density at radius 2 is 1.95 bits per heavy atom. The molecule has 2 nitrogen and oxygen atoms in total. The predicted molar refractivity (Wildman–Crippen MR) is 81.8 cm³/mol. The quantitative estimate of drug-likeness (QED) is 0.884. The zero-order valence-corrected chi connectivity index (χ0v) is 11.9. The molecule has 0 amide bonds. The maximum absolute atomic E-state index is 9.54. The van der Waals surface area contributed by atoms with Crippen LogP contribution in [0.4, 0.5) is 0 Å². The Hall–Kier alpha value is -1.80. The summed E-state index contributed by atoms with van der Waals surface area (Å²) in [5.74, 6) is 0.376. The Balaban J connectivity index is 1.72. The van der Waals surface area contributed by atoms with E-state index in [2.05, 4.69) is 42.6 Å². The second-order valence-electron chi connectivity index (χ2n) is 5.48. The third kappa shape index (κ3) is 2.56. The van der Waals surface area contributed by atoms with Gasteiger partial charge in [-0.1, -0.05) is 37.3 Å². The number of hydrogen-bond donors (Lipinski definition) is 2. The molecule has 2 aromatic carbocycles. The van der Waals surface area contributed by atoms with Gasteiger partial charge in [-0.3, -0.25) is 0 Å². The summed E-state index contributed by atoms with van der Waals surface area (Å²) >= 11 is 0. The second-order valence-corrected chi connectivity index (χ2v) is 5.48. The van der Waals surface area contributed by atoms with Crippen LogP contribution >= 0.6 is 0 Å². The van der Waals surface area contributed by atoms with E-state index in [1.165, 1.54) is 22.3 Å². The smallest absolute Gasteiger partial charge is 0.115 e. The molecule has 0 saturated carbocycles. The number of benzene rings is 2. The second kappa shape index (κ2) is 5.68. The number of fused-ring (bicyclic) bond motifs is 1. The molecule has 2 N–H and O–H groups in total. The Labute approximate surface area is 120 Å². The molecule has 0 saturated heterocycles. The van der Waals surface area contributed by atoms with E-state index in [1.54, 1.807) is 6.07 Å². The van der Waals surface area contributed by atoms with Gasteiger partial charge in [-0.2, -0.15) is 0 Å². The third-order valence-electron chi connectivity index (χ3n) is 4.24. The molecule has 0 aliphatic heterocycles. The Morgan fingerprint density at radius 3 is 2.75 bits per heavy atom. The molecule has 0 aromatic heterocycles. The molecule has 104 valence electrons. The van der Waals surface area contributed by atoms with Crippen LogP contribution in [0.5, 0.6) is 5.75 Å². The average molecular weight is 267 g/mol. The summed E-state index contributed by atoms with van der Waals surface area (Å²) in [5, 5.41) is 13.2. The van der Waals surface area contributed by atoms with Crippen LogP contribution in [0.2, 0.25) is 0 Å². The maximum atomic E-state index is 9.54. The molecule has 2 heteroatoms. The monoisotopic (exact) mass is 267 g/mol. The van der Waals surface area contributed by atoms with E-state index in [9.17, 15) is 5.11 Å². The zero-order valence-electron chi connectivity index (χ0n) is 11.9. The third-order valence-corrected chi connectivity index (χ3v) is 4.24. The summed E-state index contributed by atoms with van der Waals surface area (Å²) in [5.41, 5.74) is 5.44. The van der Waals surface area contributed by atoms with Gasteiger partial charge in [-0.05, 0) is 53.6 Å². The van der Waals surface area contributed by atoms with Crippen molar-refractivity contribution in [3.8, 4) is 5.75 Å². The van der Waals surface area contributed by atoms with Crippen LogP contribution in [0, 0.1) is 0 Å². The van der Waals surface area contributed by atoms with Crippen molar-refractivity contribution >= 4 is 0 Å². The summed E-state index contributed by atoms with van der Waals surface area (Å²) in [6, 6.07) is 14.8. The number of phenolic OH excluding ortho intramolecular Hbond substituents is 1. The Bertz CT molecular complexity index is 606. The lowest BCUT2D eigenvalue weighted by atomic mass is 10.0. The van der Waals surface area contributed by atoms with Crippen LogP contribution in [0.15, 0.2) is 42.5 Å². The topological polar surface area (TPSA) is 32.3 Å². The first kappa shape index (κ1) is 13.2. The Kier molecular flexibility index (Phi) is 3.75. The molecule has 20 heavy (non-hydrogen) atoms. The number of aryl methyl sites for hydroxylation is 2. The van der Waals surface area contributed by atoms with Gasteiger partial charge in [0.25, 0.3) is 0 Å². The van der Waals surface area contributed by atoms with Crippen LogP contribution < -0.4 is 5.32 Å². The van der Waals surface area contributed by atoms with E-state index in [1.807, 2.05) is 6.07 Å². The van der Waals surface area contributed by atoms with Crippen LogP contribution in [-0.4, -0.2) is 5.11 Å². The highest BCUT2D eigenvalue weighted by atomic mass is 16.3. The summed E-state index contributed by atoms with van der Waals surface area (Å²) < 4.78 is 0. The van der Waals surface area contributed by atoms with Gasteiger partial charge in [0.15, 0.2) is 0 Å². The first-order valence-electron chi connectivity index (χ1n) is 7.40. The minimum Gasteiger partial charge on any atom is -0.508 e. The molecular formula is C18H21NO. The van der Waals surface area contributed by atoms with E-state index in [0.29, 0.717) is 11.8 Å². The lowest BCUT2D eigenvalue weighted by Gasteiger charge is -2.16. The van der Waals surface area contributed by atoms with Crippen molar-refractivity contribution in [2.75, 3.05) is 0 Å². The largest absolute Gasteiger partial charge is 0.508 e. The molecule has 0 spiro atoms.